The summed E-state index contributed by atoms with van der Waals surface area (Å²) in [6, 6.07) is 16.3. The van der Waals surface area contributed by atoms with Crippen LogP contribution in [-0.2, 0) is 9.53 Å². The number of methoxy groups -OCH3 is 1. The maximum absolute atomic E-state index is 14.7. The molecule has 0 saturated carbocycles. The number of hydrogen-bond acceptors (Lipinski definition) is 5. The Morgan fingerprint density at radius 3 is 2.81 bits per heavy atom. The van der Waals surface area contributed by atoms with E-state index in [1.54, 1.807) is 24.1 Å². The van der Waals surface area contributed by atoms with E-state index in [4.69, 9.17) is 9.26 Å². The number of rotatable bonds is 7. The lowest BCUT2D eigenvalue weighted by molar-refractivity contribution is -0.118. The van der Waals surface area contributed by atoms with E-state index >= 15 is 0 Å². The predicted molar refractivity (Wildman–Crippen MR) is 115 cm³/mol. The fourth-order valence-corrected chi connectivity index (χ4v) is 3.44. The lowest BCUT2D eigenvalue weighted by Gasteiger charge is -2.14. The minimum Gasteiger partial charge on any atom is -0.383 e. The number of guanidine groups is 1. The van der Waals surface area contributed by atoms with Gasteiger partial charge in [-0.3, -0.25) is 10.1 Å². The average molecular weight is 422 g/mol. The standard InChI is InChI=1S/C23H23FN4O3/c1-15(17-8-9-18(19(24)12-17)16-6-4-3-5-7-16)20-13-22(31-27-20)26-23-25-21(29)14-28(23)10-11-30-2/h3-9,12-13,15H,10-11,14H2,1-2H3,(H,25,26,29). The van der Waals surface area contributed by atoms with Crippen LogP contribution in [0.2, 0.25) is 0 Å². The lowest BCUT2D eigenvalue weighted by Crippen LogP contribution is -2.32. The van der Waals surface area contributed by atoms with E-state index in [-0.39, 0.29) is 30.1 Å². The molecule has 8 heteroatoms. The third kappa shape index (κ3) is 4.64. The van der Waals surface area contributed by atoms with Gasteiger partial charge in [-0.2, -0.15) is 4.99 Å². The van der Waals surface area contributed by atoms with Crippen molar-refractivity contribution < 1.29 is 18.4 Å². The van der Waals surface area contributed by atoms with Gasteiger partial charge >= 0.3 is 0 Å². The van der Waals surface area contributed by atoms with Crippen molar-refractivity contribution in [2.24, 2.45) is 4.99 Å². The van der Waals surface area contributed by atoms with Gasteiger partial charge in [0.25, 0.3) is 5.88 Å². The summed E-state index contributed by atoms with van der Waals surface area (Å²) in [5.74, 6) is 0.0391. The van der Waals surface area contributed by atoms with E-state index in [1.165, 1.54) is 6.07 Å². The van der Waals surface area contributed by atoms with Gasteiger partial charge in [0.15, 0.2) is 0 Å². The number of benzene rings is 2. The van der Waals surface area contributed by atoms with Gasteiger partial charge < -0.3 is 14.2 Å². The first-order chi connectivity index (χ1) is 15.0. The van der Waals surface area contributed by atoms with Gasteiger partial charge in [-0.25, -0.2) is 4.39 Å². The van der Waals surface area contributed by atoms with E-state index < -0.39 is 0 Å². The first-order valence-electron chi connectivity index (χ1n) is 9.99. The normalized spacial score (nSPS) is 16.0. The number of ether oxygens (including phenoxy) is 1. The van der Waals surface area contributed by atoms with Gasteiger partial charge in [0.05, 0.1) is 12.3 Å². The van der Waals surface area contributed by atoms with Crippen molar-refractivity contribution in [1.82, 2.24) is 15.4 Å². The van der Waals surface area contributed by atoms with Crippen LogP contribution in [0, 0.1) is 5.82 Å². The molecule has 1 unspecified atom stereocenters. The molecule has 0 bridgehead atoms. The molecule has 1 aromatic heterocycles. The molecular formula is C23H23FN4O3. The third-order valence-corrected chi connectivity index (χ3v) is 5.20. The molecule has 4 rings (SSSR count). The van der Waals surface area contributed by atoms with Gasteiger partial charge in [-0.05, 0) is 17.2 Å². The molecule has 0 spiro atoms. The van der Waals surface area contributed by atoms with Crippen molar-refractivity contribution in [3.8, 4) is 11.1 Å². The Bertz CT molecular complexity index is 1100. The van der Waals surface area contributed by atoms with Crippen molar-refractivity contribution in [2.75, 3.05) is 26.8 Å². The number of aromatic nitrogens is 1. The largest absolute Gasteiger partial charge is 0.383 e. The van der Waals surface area contributed by atoms with Crippen molar-refractivity contribution in [2.45, 2.75) is 12.8 Å². The molecule has 1 N–H and O–H groups in total. The van der Waals surface area contributed by atoms with E-state index in [2.05, 4.69) is 15.5 Å². The van der Waals surface area contributed by atoms with Crippen LogP contribution in [0.4, 0.5) is 10.3 Å². The van der Waals surface area contributed by atoms with Crippen molar-refractivity contribution in [3.63, 3.8) is 0 Å². The zero-order valence-electron chi connectivity index (χ0n) is 17.3. The number of nitrogens with one attached hydrogen (secondary N) is 1. The fourth-order valence-electron chi connectivity index (χ4n) is 3.44. The van der Waals surface area contributed by atoms with Crippen LogP contribution in [0.1, 0.15) is 24.1 Å². The molecule has 7 nitrogen and oxygen atoms in total. The number of halogens is 1. The first kappa shape index (κ1) is 20.7. The summed E-state index contributed by atoms with van der Waals surface area (Å²) in [4.78, 5) is 17.9. The molecule has 1 aliphatic heterocycles. The van der Waals surface area contributed by atoms with Crippen LogP contribution in [0.3, 0.4) is 0 Å². The number of carbonyl (C=O) groups excluding carboxylic acids is 1. The predicted octanol–water partition coefficient (Wildman–Crippen LogP) is 3.70. The Morgan fingerprint density at radius 1 is 1.26 bits per heavy atom. The smallest absolute Gasteiger partial charge is 0.253 e. The summed E-state index contributed by atoms with van der Waals surface area (Å²) in [6.07, 6.45) is 0. The van der Waals surface area contributed by atoms with Crippen LogP contribution in [-0.4, -0.2) is 48.7 Å². The van der Waals surface area contributed by atoms with Crippen LogP contribution in [0.15, 0.2) is 64.1 Å². The third-order valence-electron chi connectivity index (χ3n) is 5.20. The van der Waals surface area contributed by atoms with E-state index in [1.807, 2.05) is 43.3 Å². The highest BCUT2D eigenvalue weighted by Gasteiger charge is 2.25. The monoisotopic (exact) mass is 422 g/mol. The van der Waals surface area contributed by atoms with Crippen LogP contribution in [0.5, 0.6) is 0 Å². The first-order valence-corrected chi connectivity index (χ1v) is 9.99. The van der Waals surface area contributed by atoms with Crippen LogP contribution >= 0.6 is 0 Å². The highest BCUT2D eigenvalue weighted by Crippen LogP contribution is 2.30. The maximum atomic E-state index is 14.7. The van der Waals surface area contributed by atoms with Crippen molar-refractivity contribution in [3.05, 3.63) is 71.7 Å². The molecule has 1 saturated heterocycles. The number of hydrogen-bond donors (Lipinski definition) is 1. The van der Waals surface area contributed by atoms with Gasteiger partial charge in [0, 0.05) is 31.2 Å². The zero-order chi connectivity index (χ0) is 21.8. The van der Waals surface area contributed by atoms with Crippen LogP contribution < -0.4 is 5.32 Å². The summed E-state index contributed by atoms with van der Waals surface area (Å²) in [7, 11) is 1.60. The average Bonchev–Trinajstić information content (AvgIpc) is 3.38. The van der Waals surface area contributed by atoms with Crippen LogP contribution in [0.25, 0.3) is 11.1 Å². The van der Waals surface area contributed by atoms with Gasteiger partial charge in [0.1, 0.15) is 12.4 Å². The van der Waals surface area contributed by atoms with Gasteiger partial charge in [0.2, 0.25) is 11.9 Å². The minimum atomic E-state index is -0.290. The molecule has 160 valence electrons. The Kier molecular flexibility index (Phi) is 6.08. The summed E-state index contributed by atoms with van der Waals surface area (Å²) in [6.45, 7) is 3.14. The molecule has 0 radical (unpaired) electrons. The highest BCUT2D eigenvalue weighted by molar-refractivity contribution is 6.04. The molecule has 31 heavy (non-hydrogen) atoms. The quantitative estimate of drug-likeness (QED) is 0.628. The SMILES string of the molecule is COCCN1CC(=O)NC1=Nc1cc(C(C)c2ccc(-c3ccccc3)c(F)c2)no1. The van der Waals surface area contributed by atoms with Gasteiger partial charge in [-0.15, -0.1) is 0 Å². The Balaban J connectivity index is 1.52. The summed E-state index contributed by atoms with van der Waals surface area (Å²) >= 11 is 0. The Hall–Kier alpha value is -3.52. The summed E-state index contributed by atoms with van der Waals surface area (Å²) in [5, 5.41) is 6.80. The minimum absolute atomic E-state index is 0.142. The second-order valence-corrected chi connectivity index (χ2v) is 7.31. The van der Waals surface area contributed by atoms with Crippen molar-refractivity contribution in [1.29, 1.82) is 0 Å². The van der Waals surface area contributed by atoms with E-state index in [0.29, 0.717) is 30.4 Å². The molecule has 1 amide bonds. The molecule has 2 heterocycles. The number of amides is 1. The second kappa shape index (κ2) is 9.09. The second-order valence-electron chi connectivity index (χ2n) is 7.31. The summed E-state index contributed by atoms with van der Waals surface area (Å²) < 4.78 is 25.2. The molecule has 2 aromatic carbocycles. The maximum Gasteiger partial charge on any atom is 0.253 e. The van der Waals surface area contributed by atoms with E-state index in [0.717, 1.165) is 11.1 Å². The molecule has 1 fully saturated rings. The van der Waals surface area contributed by atoms with E-state index in [9.17, 15) is 9.18 Å². The topological polar surface area (TPSA) is 80.0 Å². The fraction of sp³-hybridized carbons (Fsp3) is 0.261. The molecular weight excluding hydrogens is 399 g/mol. The molecule has 3 aromatic rings. The van der Waals surface area contributed by atoms with Gasteiger partial charge in [-0.1, -0.05) is 54.5 Å². The molecule has 1 atom stereocenters. The Morgan fingerprint density at radius 2 is 2.06 bits per heavy atom. The summed E-state index contributed by atoms with van der Waals surface area (Å²) in [5.41, 5.74) is 2.78. The molecule has 1 aliphatic rings. The highest BCUT2D eigenvalue weighted by atomic mass is 19.1. The Labute approximate surface area is 179 Å². The number of carbonyl (C=O) groups is 1. The number of nitrogens with zero attached hydrogens (tertiary/aromatic N) is 3. The van der Waals surface area contributed by atoms with Crippen molar-refractivity contribution >= 4 is 17.8 Å². The zero-order valence-corrected chi connectivity index (χ0v) is 17.3. The molecule has 0 aliphatic carbocycles. The lowest BCUT2D eigenvalue weighted by atomic mass is 9.95. The number of aliphatic imine (C=N–C) groups is 1.